The Morgan fingerprint density at radius 2 is 1.55 bits per heavy atom. The lowest BCUT2D eigenvalue weighted by molar-refractivity contribution is -0.153. The summed E-state index contributed by atoms with van der Waals surface area (Å²) in [4.78, 5) is 0. The van der Waals surface area contributed by atoms with Crippen LogP contribution >= 0.6 is 12.4 Å². The Bertz CT molecular complexity index is 375. The lowest BCUT2D eigenvalue weighted by Crippen LogP contribution is -2.19. The van der Waals surface area contributed by atoms with E-state index < -0.39 is 12.8 Å². The molecule has 20 heavy (non-hydrogen) atoms. The molecule has 0 atom stereocenters. The molecular formula is C13H19ClF3NO2. The molecule has 0 aliphatic rings. The van der Waals surface area contributed by atoms with E-state index in [9.17, 15) is 13.2 Å². The molecule has 116 valence electrons. The number of hydrogen-bond acceptors (Lipinski definition) is 3. The maximum atomic E-state index is 12.1. The van der Waals surface area contributed by atoms with Gasteiger partial charge in [-0.3, -0.25) is 0 Å². The normalized spacial score (nSPS) is 10.8. The summed E-state index contributed by atoms with van der Waals surface area (Å²) in [6.07, 6.45) is -1.70. The zero-order chi connectivity index (χ0) is 14.1. The smallest absolute Gasteiger partial charge is 0.422 e. The van der Waals surface area contributed by atoms with Gasteiger partial charge in [0.15, 0.2) is 18.1 Å². The van der Waals surface area contributed by atoms with Crippen molar-refractivity contribution >= 4 is 12.4 Å². The minimum Gasteiger partial charge on any atom is -0.490 e. The fourth-order valence-corrected chi connectivity index (χ4v) is 1.45. The van der Waals surface area contributed by atoms with Gasteiger partial charge in [-0.1, -0.05) is 12.1 Å². The maximum Gasteiger partial charge on any atom is 0.422 e. The van der Waals surface area contributed by atoms with Gasteiger partial charge in [0, 0.05) is 0 Å². The highest BCUT2D eigenvalue weighted by Crippen LogP contribution is 2.28. The summed E-state index contributed by atoms with van der Waals surface area (Å²) in [5.41, 5.74) is 5.36. The van der Waals surface area contributed by atoms with Gasteiger partial charge in [0.2, 0.25) is 0 Å². The summed E-state index contributed by atoms with van der Waals surface area (Å²) in [5, 5.41) is 0. The molecule has 0 spiro atoms. The Balaban J connectivity index is 0.00000361. The molecule has 0 heterocycles. The molecule has 2 N–H and O–H groups in total. The summed E-state index contributed by atoms with van der Waals surface area (Å²) in [5.74, 6) is 0.443. The zero-order valence-corrected chi connectivity index (χ0v) is 11.8. The number of hydrogen-bond donors (Lipinski definition) is 1. The zero-order valence-electron chi connectivity index (χ0n) is 11.0. The average molecular weight is 314 g/mol. The van der Waals surface area contributed by atoms with Gasteiger partial charge in [-0.15, -0.1) is 12.4 Å². The van der Waals surface area contributed by atoms with Crippen molar-refractivity contribution in [2.45, 2.75) is 25.4 Å². The molecule has 0 bridgehead atoms. The summed E-state index contributed by atoms with van der Waals surface area (Å²) in [7, 11) is 0. The molecule has 0 aliphatic carbocycles. The second kappa shape index (κ2) is 9.72. The SMILES string of the molecule is Cl.NCCCCCOc1ccccc1OCC(F)(F)F. The van der Waals surface area contributed by atoms with Crippen LogP contribution in [0, 0.1) is 0 Å². The largest absolute Gasteiger partial charge is 0.490 e. The molecule has 1 rings (SSSR count). The predicted molar refractivity (Wildman–Crippen MR) is 73.6 cm³/mol. The highest BCUT2D eigenvalue weighted by molar-refractivity contribution is 5.85. The summed E-state index contributed by atoms with van der Waals surface area (Å²) < 4.78 is 46.4. The van der Waals surface area contributed by atoms with Crippen molar-refractivity contribution in [1.82, 2.24) is 0 Å². The number of alkyl halides is 3. The number of ether oxygens (including phenoxy) is 2. The van der Waals surface area contributed by atoms with Gasteiger partial charge in [-0.05, 0) is 37.9 Å². The number of halogens is 4. The van der Waals surface area contributed by atoms with Gasteiger partial charge in [-0.25, -0.2) is 0 Å². The molecule has 1 aromatic carbocycles. The maximum absolute atomic E-state index is 12.1. The quantitative estimate of drug-likeness (QED) is 0.746. The lowest BCUT2D eigenvalue weighted by atomic mass is 10.2. The van der Waals surface area contributed by atoms with Crippen LogP contribution in [0.5, 0.6) is 11.5 Å². The van der Waals surface area contributed by atoms with E-state index in [1.54, 1.807) is 18.2 Å². The Kier molecular flexibility index (Phi) is 9.16. The molecular weight excluding hydrogens is 295 g/mol. The van der Waals surface area contributed by atoms with Crippen molar-refractivity contribution < 1.29 is 22.6 Å². The average Bonchev–Trinajstić information content (AvgIpc) is 2.36. The molecule has 1 aromatic rings. The Labute approximate surface area is 122 Å². The molecule has 0 radical (unpaired) electrons. The Morgan fingerprint density at radius 1 is 0.950 bits per heavy atom. The van der Waals surface area contributed by atoms with E-state index in [0.29, 0.717) is 18.9 Å². The van der Waals surface area contributed by atoms with Crippen LogP contribution in [0.15, 0.2) is 24.3 Å². The highest BCUT2D eigenvalue weighted by Gasteiger charge is 2.28. The van der Waals surface area contributed by atoms with E-state index in [1.807, 2.05) is 0 Å². The molecule has 0 unspecified atom stereocenters. The molecule has 0 saturated heterocycles. The summed E-state index contributed by atoms with van der Waals surface area (Å²) >= 11 is 0. The number of benzene rings is 1. The van der Waals surface area contributed by atoms with Crippen LogP contribution in [-0.2, 0) is 0 Å². The fourth-order valence-electron chi connectivity index (χ4n) is 1.45. The molecule has 0 aromatic heterocycles. The number of para-hydroxylation sites is 2. The number of unbranched alkanes of at least 4 members (excludes halogenated alkanes) is 2. The first-order valence-electron chi connectivity index (χ1n) is 6.14. The molecule has 0 aliphatic heterocycles. The second-order valence-electron chi connectivity index (χ2n) is 4.05. The van der Waals surface area contributed by atoms with E-state index in [2.05, 4.69) is 0 Å². The third-order valence-corrected chi connectivity index (χ3v) is 2.35. The van der Waals surface area contributed by atoms with Crippen molar-refractivity contribution in [3.05, 3.63) is 24.3 Å². The van der Waals surface area contributed by atoms with Gasteiger partial charge in [0.25, 0.3) is 0 Å². The van der Waals surface area contributed by atoms with Gasteiger partial charge >= 0.3 is 6.18 Å². The minimum atomic E-state index is -4.35. The van der Waals surface area contributed by atoms with Crippen LogP contribution in [-0.4, -0.2) is 25.9 Å². The van der Waals surface area contributed by atoms with E-state index in [0.717, 1.165) is 19.3 Å². The van der Waals surface area contributed by atoms with E-state index in [4.69, 9.17) is 15.2 Å². The van der Waals surface area contributed by atoms with Crippen LogP contribution in [0.4, 0.5) is 13.2 Å². The number of nitrogens with two attached hydrogens (primary N) is 1. The van der Waals surface area contributed by atoms with Crippen LogP contribution in [0.1, 0.15) is 19.3 Å². The first-order valence-corrected chi connectivity index (χ1v) is 6.14. The third kappa shape index (κ3) is 8.12. The molecule has 0 saturated carbocycles. The van der Waals surface area contributed by atoms with Gasteiger partial charge < -0.3 is 15.2 Å². The second-order valence-corrected chi connectivity index (χ2v) is 4.05. The van der Waals surface area contributed by atoms with E-state index >= 15 is 0 Å². The first kappa shape index (κ1) is 18.9. The Morgan fingerprint density at radius 3 is 2.10 bits per heavy atom. The molecule has 0 fully saturated rings. The van der Waals surface area contributed by atoms with Crippen molar-refractivity contribution in [2.75, 3.05) is 19.8 Å². The van der Waals surface area contributed by atoms with Crippen LogP contribution in [0.2, 0.25) is 0 Å². The standard InChI is InChI=1S/C13H18F3NO2.ClH/c14-13(15,16)10-19-12-7-3-2-6-11(12)18-9-5-1-4-8-17;/h2-3,6-7H,1,4-5,8-10,17H2;1H. The van der Waals surface area contributed by atoms with Crippen LogP contribution < -0.4 is 15.2 Å². The van der Waals surface area contributed by atoms with E-state index in [-0.39, 0.29) is 18.2 Å². The van der Waals surface area contributed by atoms with Gasteiger partial charge in [-0.2, -0.15) is 13.2 Å². The van der Waals surface area contributed by atoms with Crippen molar-refractivity contribution in [1.29, 1.82) is 0 Å². The van der Waals surface area contributed by atoms with Crippen molar-refractivity contribution in [3.8, 4) is 11.5 Å². The fraction of sp³-hybridized carbons (Fsp3) is 0.538. The van der Waals surface area contributed by atoms with Gasteiger partial charge in [0.1, 0.15) is 0 Å². The number of rotatable bonds is 8. The summed E-state index contributed by atoms with van der Waals surface area (Å²) in [6.45, 7) is -0.252. The van der Waals surface area contributed by atoms with Crippen molar-refractivity contribution in [3.63, 3.8) is 0 Å². The topological polar surface area (TPSA) is 44.5 Å². The van der Waals surface area contributed by atoms with Gasteiger partial charge in [0.05, 0.1) is 6.61 Å². The Hall–Kier alpha value is -1.14. The predicted octanol–water partition coefficient (Wildman–Crippen LogP) is 3.56. The first-order chi connectivity index (χ1) is 9.03. The van der Waals surface area contributed by atoms with Crippen molar-refractivity contribution in [2.24, 2.45) is 5.73 Å². The minimum absolute atomic E-state index is 0. The lowest BCUT2D eigenvalue weighted by Gasteiger charge is -2.13. The molecule has 0 amide bonds. The highest BCUT2D eigenvalue weighted by atomic mass is 35.5. The van der Waals surface area contributed by atoms with Crippen LogP contribution in [0.3, 0.4) is 0 Å². The van der Waals surface area contributed by atoms with E-state index in [1.165, 1.54) is 6.07 Å². The van der Waals surface area contributed by atoms with Crippen LogP contribution in [0.25, 0.3) is 0 Å². The summed E-state index contributed by atoms with van der Waals surface area (Å²) in [6, 6.07) is 6.35. The monoisotopic (exact) mass is 313 g/mol. The molecule has 7 heteroatoms. The third-order valence-electron chi connectivity index (χ3n) is 2.35. The molecule has 3 nitrogen and oxygen atoms in total.